The van der Waals surface area contributed by atoms with Gasteiger partial charge in [0.15, 0.2) is 0 Å². The SMILES string of the molecule is CCCCC[C@H](/C=C/[C@@H]1[C@@H](CCO)[C@@H](O)C[C@H]1O)OC(C)=O. The third-order valence-electron chi connectivity index (χ3n) is 4.34. The first-order chi connectivity index (χ1) is 10.5. The fraction of sp³-hybridized carbons (Fsp3) is 0.824. The van der Waals surface area contributed by atoms with Crippen LogP contribution in [0.5, 0.6) is 0 Å². The van der Waals surface area contributed by atoms with Crippen LogP contribution in [0, 0.1) is 11.8 Å². The lowest BCUT2D eigenvalue weighted by Crippen LogP contribution is -2.22. The molecule has 0 bridgehead atoms. The second kappa shape index (κ2) is 9.98. The highest BCUT2D eigenvalue weighted by Gasteiger charge is 2.39. The van der Waals surface area contributed by atoms with Crippen LogP contribution in [-0.4, -0.2) is 46.2 Å². The highest BCUT2D eigenvalue weighted by molar-refractivity contribution is 5.66. The number of carbonyl (C=O) groups excluding carboxylic acids is 1. The van der Waals surface area contributed by atoms with E-state index in [-0.39, 0.29) is 30.5 Å². The molecule has 1 aliphatic carbocycles. The molecule has 0 saturated heterocycles. The highest BCUT2D eigenvalue weighted by Crippen LogP contribution is 2.36. The summed E-state index contributed by atoms with van der Waals surface area (Å²) in [7, 11) is 0. The normalized spacial score (nSPS) is 29.9. The van der Waals surface area contributed by atoms with Gasteiger partial charge in [-0.15, -0.1) is 0 Å². The van der Waals surface area contributed by atoms with Gasteiger partial charge in [0.25, 0.3) is 0 Å². The molecule has 0 heterocycles. The van der Waals surface area contributed by atoms with Gasteiger partial charge in [0, 0.05) is 25.9 Å². The molecule has 0 aliphatic heterocycles. The van der Waals surface area contributed by atoms with Crippen LogP contribution in [0.15, 0.2) is 12.2 Å². The molecule has 5 nitrogen and oxygen atoms in total. The van der Waals surface area contributed by atoms with Gasteiger partial charge in [0.1, 0.15) is 6.10 Å². The summed E-state index contributed by atoms with van der Waals surface area (Å²) in [5.41, 5.74) is 0. The number of ether oxygens (including phenoxy) is 1. The van der Waals surface area contributed by atoms with Crippen molar-refractivity contribution in [3.63, 3.8) is 0 Å². The minimum Gasteiger partial charge on any atom is -0.458 e. The molecule has 0 amide bonds. The molecule has 22 heavy (non-hydrogen) atoms. The summed E-state index contributed by atoms with van der Waals surface area (Å²) in [6.07, 6.45) is 6.90. The zero-order chi connectivity index (χ0) is 16.5. The molecule has 1 saturated carbocycles. The summed E-state index contributed by atoms with van der Waals surface area (Å²) >= 11 is 0. The number of carbonyl (C=O) groups is 1. The number of hydrogen-bond donors (Lipinski definition) is 3. The maximum absolute atomic E-state index is 11.2. The van der Waals surface area contributed by atoms with E-state index in [4.69, 9.17) is 9.84 Å². The van der Waals surface area contributed by atoms with Crippen molar-refractivity contribution in [1.29, 1.82) is 0 Å². The maximum Gasteiger partial charge on any atom is 0.303 e. The van der Waals surface area contributed by atoms with Gasteiger partial charge in [-0.05, 0) is 31.3 Å². The van der Waals surface area contributed by atoms with Gasteiger partial charge in [-0.25, -0.2) is 0 Å². The maximum atomic E-state index is 11.2. The Hall–Kier alpha value is -0.910. The lowest BCUT2D eigenvalue weighted by molar-refractivity contribution is -0.144. The molecule has 5 atom stereocenters. The topological polar surface area (TPSA) is 87.0 Å². The molecule has 0 aromatic rings. The fourth-order valence-electron chi connectivity index (χ4n) is 3.18. The molecule has 0 spiro atoms. The van der Waals surface area contributed by atoms with Crippen LogP contribution >= 0.6 is 0 Å². The van der Waals surface area contributed by atoms with Crippen LogP contribution in [0.1, 0.15) is 52.4 Å². The van der Waals surface area contributed by atoms with E-state index in [0.717, 1.165) is 25.7 Å². The van der Waals surface area contributed by atoms with Crippen molar-refractivity contribution in [3.8, 4) is 0 Å². The molecular formula is C17H30O5. The molecule has 3 N–H and O–H groups in total. The second-order valence-corrected chi connectivity index (χ2v) is 6.15. The van der Waals surface area contributed by atoms with Crippen LogP contribution in [0.4, 0.5) is 0 Å². The van der Waals surface area contributed by atoms with E-state index in [1.807, 2.05) is 12.2 Å². The van der Waals surface area contributed by atoms with Crippen LogP contribution in [0.25, 0.3) is 0 Å². The van der Waals surface area contributed by atoms with Gasteiger partial charge < -0.3 is 20.1 Å². The van der Waals surface area contributed by atoms with E-state index < -0.39 is 12.2 Å². The van der Waals surface area contributed by atoms with E-state index in [2.05, 4.69) is 6.92 Å². The first-order valence-corrected chi connectivity index (χ1v) is 8.32. The Morgan fingerprint density at radius 3 is 2.64 bits per heavy atom. The Kier molecular flexibility index (Phi) is 8.68. The number of aliphatic hydroxyl groups excluding tert-OH is 3. The van der Waals surface area contributed by atoms with Crippen LogP contribution in [0.3, 0.4) is 0 Å². The van der Waals surface area contributed by atoms with Crippen molar-refractivity contribution < 1.29 is 24.9 Å². The van der Waals surface area contributed by atoms with E-state index in [9.17, 15) is 15.0 Å². The number of aliphatic hydroxyl groups is 3. The smallest absolute Gasteiger partial charge is 0.303 e. The van der Waals surface area contributed by atoms with E-state index in [1.54, 1.807) is 0 Å². The van der Waals surface area contributed by atoms with Crippen molar-refractivity contribution in [2.45, 2.75) is 70.7 Å². The monoisotopic (exact) mass is 314 g/mol. The van der Waals surface area contributed by atoms with Gasteiger partial charge in [-0.3, -0.25) is 4.79 Å². The summed E-state index contributed by atoms with van der Waals surface area (Å²) in [6, 6.07) is 0. The van der Waals surface area contributed by atoms with E-state index >= 15 is 0 Å². The fourth-order valence-corrected chi connectivity index (χ4v) is 3.18. The lowest BCUT2D eigenvalue weighted by atomic mass is 9.90. The average molecular weight is 314 g/mol. The highest BCUT2D eigenvalue weighted by atomic mass is 16.5. The Morgan fingerprint density at radius 2 is 2.05 bits per heavy atom. The Balaban J connectivity index is 2.67. The third kappa shape index (κ3) is 6.07. The Labute approximate surface area is 133 Å². The van der Waals surface area contributed by atoms with Gasteiger partial charge in [-0.2, -0.15) is 0 Å². The summed E-state index contributed by atoms with van der Waals surface area (Å²) < 4.78 is 5.29. The molecule has 1 aliphatic rings. The summed E-state index contributed by atoms with van der Waals surface area (Å²) in [4.78, 5) is 11.2. The Bertz CT molecular complexity index is 355. The molecule has 1 fully saturated rings. The van der Waals surface area contributed by atoms with E-state index in [1.165, 1.54) is 6.92 Å². The molecule has 0 aromatic heterocycles. The van der Waals surface area contributed by atoms with Crippen molar-refractivity contribution in [3.05, 3.63) is 12.2 Å². The van der Waals surface area contributed by atoms with Crippen LogP contribution < -0.4 is 0 Å². The molecular weight excluding hydrogens is 284 g/mol. The van der Waals surface area contributed by atoms with Crippen molar-refractivity contribution in [1.82, 2.24) is 0 Å². The minimum absolute atomic E-state index is 0.0112. The standard InChI is InChI=1S/C17H30O5/c1-3-4-5-6-13(22-12(2)19)7-8-14-15(9-10-18)17(21)11-16(14)20/h7-8,13-18,20-21H,3-6,9-11H2,1-2H3/b8-7+/t13-,14-,15-,16-,17+/m1/s1. The number of unbranched alkanes of at least 4 members (excludes halogenated alkanes) is 2. The predicted molar refractivity (Wildman–Crippen MR) is 84.1 cm³/mol. The van der Waals surface area contributed by atoms with Gasteiger partial charge in [-0.1, -0.05) is 25.8 Å². The zero-order valence-electron chi connectivity index (χ0n) is 13.6. The van der Waals surface area contributed by atoms with Crippen molar-refractivity contribution in [2.24, 2.45) is 11.8 Å². The molecule has 128 valence electrons. The lowest BCUT2D eigenvalue weighted by Gasteiger charge is -2.20. The largest absolute Gasteiger partial charge is 0.458 e. The number of esters is 1. The van der Waals surface area contributed by atoms with Crippen LogP contribution in [-0.2, 0) is 9.53 Å². The van der Waals surface area contributed by atoms with Gasteiger partial charge in [0.05, 0.1) is 12.2 Å². The average Bonchev–Trinajstić information content (AvgIpc) is 2.71. The molecule has 1 rings (SSSR count). The first kappa shape index (κ1) is 19.1. The molecule has 0 radical (unpaired) electrons. The molecule has 0 aromatic carbocycles. The van der Waals surface area contributed by atoms with Gasteiger partial charge >= 0.3 is 5.97 Å². The molecule has 5 heteroatoms. The Morgan fingerprint density at radius 1 is 1.32 bits per heavy atom. The van der Waals surface area contributed by atoms with E-state index in [0.29, 0.717) is 12.8 Å². The van der Waals surface area contributed by atoms with Crippen molar-refractivity contribution in [2.75, 3.05) is 6.61 Å². The second-order valence-electron chi connectivity index (χ2n) is 6.15. The number of rotatable bonds is 9. The third-order valence-corrected chi connectivity index (χ3v) is 4.34. The summed E-state index contributed by atoms with van der Waals surface area (Å²) in [5.74, 6) is -0.665. The number of hydrogen-bond acceptors (Lipinski definition) is 5. The predicted octanol–water partition coefficient (Wildman–Crippen LogP) is 1.79. The first-order valence-electron chi connectivity index (χ1n) is 8.32. The minimum atomic E-state index is -0.614. The molecule has 0 unspecified atom stereocenters. The van der Waals surface area contributed by atoms with Crippen LogP contribution in [0.2, 0.25) is 0 Å². The summed E-state index contributed by atoms with van der Waals surface area (Å²) in [6.45, 7) is 3.50. The summed E-state index contributed by atoms with van der Waals surface area (Å²) in [5, 5.41) is 29.1. The zero-order valence-corrected chi connectivity index (χ0v) is 13.6. The quantitative estimate of drug-likeness (QED) is 0.343. The van der Waals surface area contributed by atoms with Gasteiger partial charge in [0.2, 0.25) is 0 Å². The van der Waals surface area contributed by atoms with Crippen molar-refractivity contribution >= 4 is 5.97 Å².